The van der Waals surface area contributed by atoms with Gasteiger partial charge in [-0.15, -0.1) is 0 Å². The Morgan fingerprint density at radius 1 is 1.35 bits per heavy atom. The molecule has 6 heteroatoms. The molecule has 0 aliphatic heterocycles. The van der Waals surface area contributed by atoms with Gasteiger partial charge in [0.2, 0.25) is 0 Å². The van der Waals surface area contributed by atoms with E-state index < -0.39 is 29.5 Å². The minimum Gasteiger partial charge on any atom is -0.469 e. The zero-order chi connectivity index (χ0) is 18.2. The molecule has 23 heavy (non-hydrogen) atoms. The van der Waals surface area contributed by atoms with Crippen LogP contribution in [0.2, 0.25) is 0 Å². The van der Waals surface area contributed by atoms with E-state index in [1.807, 2.05) is 6.92 Å². The van der Waals surface area contributed by atoms with Crippen LogP contribution in [0.1, 0.15) is 47.5 Å². The topological polar surface area (TPSA) is 64.6 Å². The first kappa shape index (κ1) is 21.1. The molecule has 0 rings (SSSR count). The van der Waals surface area contributed by atoms with Crippen molar-refractivity contribution in [1.82, 2.24) is 5.32 Å². The lowest BCUT2D eigenvalue weighted by Crippen LogP contribution is -2.44. The van der Waals surface area contributed by atoms with Crippen molar-refractivity contribution in [2.24, 2.45) is 5.92 Å². The van der Waals surface area contributed by atoms with Gasteiger partial charge in [0, 0.05) is 12.0 Å². The number of esters is 1. The Morgan fingerprint density at radius 3 is 2.30 bits per heavy atom. The Kier molecular flexibility index (Phi) is 8.58. The average molecular weight is 329 g/mol. The molecule has 0 aromatic heterocycles. The van der Waals surface area contributed by atoms with E-state index in [-0.39, 0.29) is 12.3 Å². The number of carbonyl (C=O) groups excluding carboxylic acids is 2. The lowest BCUT2D eigenvalue weighted by atomic mass is 9.87. The summed E-state index contributed by atoms with van der Waals surface area (Å²) in [6.45, 7) is 12.1. The van der Waals surface area contributed by atoms with Crippen molar-refractivity contribution in [3.8, 4) is 0 Å². The number of allylic oxidation sites excluding steroid dienone is 2. The summed E-state index contributed by atoms with van der Waals surface area (Å²) in [7, 11) is 1.28. The van der Waals surface area contributed by atoms with E-state index in [2.05, 4.69) is 16.6 Å². The molecular formula is C17H28FNO4. The fraction of sp³-hybridized carbons (Fsp3) is 0.647. The second kappa shape index (κ2) is 9.33. The van der Waals surface area contributed by atoms with Crippen LogP contribution in [0.25, 0.3) is 0 Å². The maximum absolute atomic E-state index is 13.1. The van der Waals surface area contributed by atoms with Gasteiger partial charge >= 0.3 is 12.1 Å². The van der Waals surface area contributed by atoms with Crippen molar-refractivity contribution in [3.63, 3.8) is 0 Å². The van der Waals surface area contributed by atoms with Crippen molar-refractivity contribution in [2.45, 2.75) is 59.1 Å². The van der Waals surface area contributed by atoms with Crippen LogP contribution in [0.15, 0.2) is 24.1 Å². The molecule has 0 spiro atoms. The minimum absolute atomic E-state index is 0.0296. The first-order valence-corrected chi connectivity index (χ1v) is 7.59. The average Bonchev–Trinajstić information content (AvgIpc) is 2.35. The molecule has 1 N–H and O–H groups in total. The summed E-state index contributed by atoms with van der Waals surface area (Å²) in [4.78, 5) is 23.6. The van der Waals surface area contributed by atoms with Gasteiger partial charge in [-0.05, 0) is 40.2 Å². The van der Waals surface area contributed by atoms with Crippen molar-refractivity contribution < 1.29 is 23.5 Å². The molecular weight excluding hydrogens is 301 g/mol. The summed E-state index contributed by atoms with van der Waals surface area (Å²) in [5, 5.41) is 2.69. The molecule has 0 saturated heterocycles. The highest BCUT2D eigenvalue weighted by Gasteiger charge is 2.28. The van der Waals surface area contributed by atoms with E-state index in [0.717, 1.165) is 0 Å². The maximum atomic E-state index is 13.1. The first-order valence-electron chi connectivity index (χ1n) is 7.59. The Hall–Kier alpha value is -1.85. The summed E-state index contributed by atoms with van der Waals surface area (Å²) in [5.74, 6) is -1.28. The quantitative estimate of drug-likeness (QED) is 0.568. The van der Waals surface area contributed by atoms with E-state index in [1.165, 1.54) is 13.2 Å². The molecule has 0 fully saturated rings. The predicted octanol–water partition coefficient (Wildman–Crippen LogP) is 3.90. The number of rotatable bonds is 7. The van der Waals surface area contributed by atoms with Gasteiger partial charge in [-0.1, -0.05) is 19.1 Å². The zero-order valence-electron chi connectivity index (χ0n) is 14.9. The van der Waals surface area contributed by atoms with Crippen molar-refractivity contribution in [1.29, 1.82) is 0 Å². The van der Waals surface area contributed by atoms with Gasteiger partial charge in [-0.3, -0.25) is 4.79 Å². The van der Waals surface area contributed by atoms with Gasteiger partial charge in [-0.2, -0.15) is 0 Å². The number of hydrogen-bond donors (Lipinski definition) is 1. The molecule has 1 amide bonds. The van der Waals surface area contributed by atoms with Crippen LogP contribution in [0.4, 0.5) is 9.18 Å². The molecule has 0 aliphatic carbocycles. The van der Waals surface area contributed by atoms with Crippen LogP contribution in [-0.2, 0) is 14.3 Å². The largest absolute Gasteiger partial charge is 0.469 e. The van der Waals surface area contributed by atoms with Gasteiger partial charge < -0.3 is 14.8 Å². The van der Waals surface area contributed by atoms with Gasteiger partial charge in [0.15, 0.2) is 0 Å². The van der Waals surface area contributed by atoms with E-state index in [1.54, 1.807) is 27.7 Å². The molecule has 132 valence electrons. The van der Waals surface area contributed by atoms with E-state index in [4.69, 9.17) is 4.74 Å². The third-order valence-corrected chi connectivity index (χ3v) is 3.21. The molecule has 0 aliphatic rings. The second-order valence-electron chi connectivity index (χ2n) is 6.38. The van der Waals surface area contributed by atoms with Crippen LogP contribution in [-0.4, -0.2) is 30.8 Å². The van der Waals surface area contributed by atoms with Crippen molar-refractivity contribution in [3.05, 3.63) is 24.1 Å². The normalized spacial score (nSPS) is 14.7. The third-order valence-electron chi connectivity index (χ3n) is 3.21. The van der Waals surface area contributed by atoms with Crippen LogP contribution in [0, 0.1) is 5.92 Å². The number of nitrogens with one attached hydrogen (secondary N) is 1. The SMILES string of the molecule is C=C(F)C=C(C)C(CC)C(CC(=O)OC)NC(=O)OC(C)(C)C. The monoisotopic (exact) mass is 329 g/mol. The minimum atomic E-state index is -0.653. The summed E-state index contributed by atoms with van der Waals surface area (Å²) in [6.07, 6.45) is 1.25. The van der Waals surface area contributed by atoms with E-state index in [0.29, 0.717) is 12.0 Å². The van der Waals surface area contributed by atoms with E-state index in [9.17, 15) is 14.0 Å². The van der Waals surface area contributed by atoms with Crippen LogP contribution in [0.3, 0.4) is 0 Å². The van der Waals surface area contributed by atoms with Gasteiger partial charge in [-0.25, -0.2) is 9.18 Å². The first-order chi connectivity index (χ1) is 10.5. The lowest BCUT2D eigenvalue weighted by molar-refractivity contribution is -0.141. The summed E-state index contributed by atoms with van der Waals surface area (Å²) in [5.41, 5.74) is 0.0321. The number of carbonyl (C=O) groups is 2. The molecule has 0 radical (unpaired) electrons. The van der Waals surface area contributed by atoms with Gasteiger partial charge in [0.05, 0.1) is 13.5 Å². The molecule has 0 bridgehead atoms. The fourth-order valence-electron chi connectivity index (χ4n) is 2.29. The predicted molar refractivity (Wildman–Crippen MR) is 87.6 cm³/mol. The Balaban J connectivity index is 5.28. The number of ether oxygens (including phenoxy) is 2. The van der Waals surface area contributed by atoms with Crippen molar-refractivity contribution in [2.75, 3.05) is 7.11 Å². The highest BCUT2D eigenvalue weighted by atomic mass is 19.1. The summed E-state index contributed by atoms with van der Waals surface area (Å²) < 4.78 is 23.0. The molecule has 5 nitrogen and oxygen atoms in total. The summed E-state index contributed by atoms with van der Waals surface area (Å²) in [6, 6.07) is -0.558. The van der Waals surface area contributed by atoms with Crippen LogP contribution < -0.4 is 5.32 Å². The third kappa shape index (κ3) is 9.01. The standard InChI is InChI=1S/C17H28FNO4/c1-8-13(11(2)9-12(3)18)14(10-15(20)22-7)19-16(21)23-17(4,5)6/h9,13-14H,3,8,10H2,1-2,4-7H3,(H,19,21). The zero-order valence-corrected chi connectivity index (χ0v) is 14.9. The van der Waals surface area contributed by atoms with Crippen molar-refractivity contribution >= 4 is 12.1 Å². The molecule has 0 saturated carbocycles. The Bertz CT molecular complexity index is 466. The Labute approximate surface area is 137 Å². The number of alkyl carbamates (subject to hydrolysis) is 1. The van der Waals surface area contributed by atoms with Gasteiger partial charge in [0.25, 0.3) is 0 Å². The maximum Gasteiger partial charge on any atom is 0.407 e. The molecule has 0 aromatic rings. The van der Waals surface area contributed by atoms with Crippen LogP contribution in [0.5, 0.6) is 0 Å². The highest BCUT2D eigenvalue weighted by Crippen LogP contribution is 2.23. The summed E-state index contributed by atoms with van der Waals surface area (Å²) >= 11 is 0. The molecule has 2 atom stereocenters. The smallest absolute Gasteiger partial charge is 0.407 e. The number of halogens is 1. The number of methoxy groups -OCH3 is 1. The number of hydrogen-bond acceptors (Lipinski definition) is 4. The Morgan fingerprint density at radius 2 is 1.91 bits per heavy atom. The van der Waals surface area contributed by atoms with Gasteiger partial charge in [0.1, 0.15) is 11.4 Å². The molecule has 0 heterocycles. The van der Waals surface area contributed by atoms with E-state index >= 15 is 0 Å². The van der Waals surface area contributed by atoms with Crippen LogP contribution >= 0.6 is 0 Å². The number of amides is 1. The lowest BCUT2D eigenvalue weighted by Gasteiger charge is -2.29. The highest BCUT2D eigenvalue weighted by molar-refractivity contribution is 5.73. The molecule has 2 unspecified atom stereocenters. The molecule has 0 aromatic carbocycles. The second-order valence-corrected chi connectivity index (χ2v) is 6.38. The fourth-order valence-corrected chi connectivity index (χ4v) is 2.29.